The molecule has 2 aliphatic carbocycles. The summed E-state index contributed by atoms with van der Waals surface area (Å²) in [4.78, 5) is 52.6. The van der Waals surface area contributed by atoms with Crippen LogP contribution in [-0.2, 0) is 11.3 Å². The number of hydrogen-bond acceptors (Lipinski definition) is 5. The van der Waals surface area contributed by atoms with Gasteiger partial charge in [0.1, 0.15) is 6.54 Å². The molecule has 0 unspecified atom stereocenters. The number of nitrogens with zero attached hydrogens (tertiary/aromatic N) is 1. The van der Waals surface area contributed by atoms with E-state index in [9.17, 15) is 24.3 Å². The fourth-order valence-corrected chi connectivity index (χ4v) is 5.24. The van der Waals surface area contributed by atoms with Crippen molar-refractivity contribution in [2.24, 2.45) is 5.92 Å². The zero-order valence-corrected chi connectivity index (χ0v) is 20.1. The Bertz CT molecular complexity index is 1160. The van der Waals surface area contributed by atoms with Crippen LogP contribution in [-0.4, -0.2) is 38.6 Å². The van der Waals surface area contributed by atoms with E-state index in [-0.39, 0.29) is 12.1 Å². The maximum Gasteiger partial charge on any atom is 0.329 e. The highest BCUT2D eigenvalue weighted by molar-refractivity contribution is 5.94. The Morgan fingerprint density at radius 3 is 2.20 bits per heavy atom. The third-order valence-corrected chi connectivity index (χ3v) is 7.40. The van der Waals surface area contributed by atoms with Gasteiger partial charge < -0.3 is 15.7 Å². The van der Waals surface area contributed by atoms with Gasteiger partial charge in [-0.3, -0.25) is 19.4 Å². The summed E-state index contributed by atoms with van der Waals surface area (Å²) in [6.07, 6.45) is 7.09. The molecule has 1 aromatic heterocycles. The van der Waals surface area contributed by atoms with Crippen molar-refractivity contribution in [1.82, 2.24) is 20.2 Å². The minimum atomic E-state index is -1.06. The Morgan fingerprint density at radius 2 is 1.54 bits per heavy atom. The second-order valence-corrected chi connectivity index (χ2v) is 10.0. The summed E-state index contributed by atoms with van der Waals surface area (Å²) in [6, 6.07) is 10.1. The van der Waals surface area contributed by atoms with Gasteiger partial charge >= 0.3 is 5.69 Å². The first-order valence-electron chi connectivity index (χ1n) is 12.5. The Balaban J connectivity index is 1.36. The molecule has 4 rings (SSSR count). The zero-order chi connectivity index (χ0) is 24.9. The minimum Gasteiger partial charge on any atom is -0.501 e. The first-order chi connectivity index (χ1) is 16.8. The summed E-state index contributed by atoms with van der Waals surface area (Å²) in [5.41, 5.74) is -1.15. The van der Waals surface area contributed by atoms with Crippen LogP contribution in [0.5, 0.6) is 5.75 Å². The molecule has 2 aliphatic rings. The molecule has 0 radical (unpaired) electrons. The third-order valence-electron chi connectivity index (χ3n) is 7.40. The summed E-state index contributed by atoms with van der Waals surface area (Å²) in [6.45, 7) is 1.66. The minimum absolute atomic E-state index is 0.0177. The van der Waals surface area contributed by atoms with Gasteiger partial charge in [0, 0.05) is 12.1 Å². The molecule has 2 saturated carbocycles. The molecule has 0 aliphatic heterocycles. The van der Waals surface area contributed by atoms with Crippen LogP contribution in [0, 0.1) is 5.92 Å². The highest BCUT2D eigenvalue weighted by Gasteiger charge is 2.27. The largest absolute Gasteiger partial charge is 0.501 e. The van der Waals surface area contributed by atoms with Crippen molar-refractivity contribution < 1.29 is 14.7 Å². The van der Waals surface area contributed by atoms with Crippen molar-refractivity contribution in [3.63, 3.8) is 0 Å². The van der Waals surface area contributed by atoms with Gasteiger partial charge in [-0.25, -0.2) is 9.36 Å². The zero-order valence-electron chi connectivity index (χ0n) is 20.1. The lowest BCUT2D eigenvalue weighted by Crippen LogP contribution is -2.45. The second-order valence-electron chi connectivity index (χ2n) is 10.0. The van der Waals surface area contributed by atoms with Gasteiger partial charge in [0.2, 0.25) is 11.7 Å². The lowest BCUT2D eigenvalue weighted by Gasteiger charge is -2.29. The molecule has 0 bridgehead atoms. The van der Waals surface area contributed by atoms with Gasteiger partial charge in [0.05, 0.1) is 0 Å². The highest BCUT2D eigenvalue weighted by Crippen LogP contribution is 2.32. The molecule has 188 valence electrons. The van der Waals surface area contributed by atoms with Crippen LogP contribution in [0.15, 0.2) is 39.9 Å². The quantitative estimate of drug-likeness (QED) is 0.502. The van der Waals surface area contributed by atoms with Crippen LogP contribution in [0.1, 0.15) is 80.3 Å². The molecule has 0 atom stereocenters. The number of amides is 2. The average molecular weight is 483 g/mol. The number of aromatic hydroxyl groups is 1. The van der Waals surface area contributed by atoms with Gasteiger partial charge in [0.25, 0.3) is 11.5 Å². The van der Waals surface area contributed by atoms with Crippen LogP contribution < -0.4 is 21.9 Å². The first kappa shape index (κ1) is 24.8. The van der Waals surface area contributed by atoms with Crippen LogP contribution in [0.25, 0.3) is 0 Å². The molecule has 9 heteroatoms. The normalized spacial score (nSPS) is 24.5. The van der Waals surface area contributed by atoms with E-state index in [2.05, 4.69) is 34.7 Å². The molecule has 0 saturated heterocycles. The van der Waals surface area contributed by atoms with Crippen LogP contribution in [0.4, 0.5) is 0 Å². The summed E-state index contributed by atoms with van der Waals surface area (Å²) < 4.78 is 0.623. The molecule has 1 aromatic carbocycles. The predicted molar refractivity (Wildman–Crippen MR) is 131 cm³/mol. The molecular formula is C26H34N4O5. The van der Waals surface area contributed by atoms with Crippen molar-refractivity contribution in [3.05, 3.63) is 62.4 Å². The molecule has 4 N–H and O–H groups in total. The fraction of sp³-hybridized carbons (Fsp3) is 0.538. The van der Waals surface area contributed by atoms with Crippen LogP contribution in [0.3, 0.4) is 0 Å². The van der Waals surface area contributed by atoms with Crippen molar-refractivity contribution >= 4 is 11.8 Å². The third kappa shape index (κ3) is 6.01. The van der Waals surface area contributed by atoms with E-state index in [1.165, 1.54) is 5.56 Å². The van der Waals surface area contributed by atoms with Crippen molar-refractivity contribution in [3.8, 4) is 5.75 Å². The lowest BCUT2D eigenvalue weighted by molar-refractivity contribution is -0.122. The number of nitrogens with one attached hydrogen (secondary N) is 3. The monoisotopic (exact) mass is 482 g/mol. The van der Waals surface area contributed by atoms with Crippen molar-refractivity contribution in [2.45, 2.75) is 82.8 Å². The second kappa shape index (κ2) is 10.9. The van der Waals surface area contributed by atoms with Gasteiger partial charge in [-0.15, -0.1) is 0 Å². The maximum atomic E-state index is 12.7. The Morgan fingerprint density at radius 1 is 0.943 bits per heavy atom. The van der Waals surface area contributed by atoms with Crippen LogP contribution >= 0.6 is 0 Å². The van der Waals surface area contributed by atoms with E-state index in [1.807, 2.05) is 18.2 Å². The van der Waals surface area contributed by atoms with Gasteiger partial charge in [-0.2, -0.15) is 0 Å². The lowest BCUT2D eigenvalue weighted by atomic mass is 9.82. The molecular weight excluding hydrogens is 448 g/mol. The van der Waals surface area contributed by atoms with E-state index in [4.69, 9.17) is 0 Å². The first-order valence-corrected chi connectivity index (χ1v) is 12.5. The average Bonchev–Trinajstić information content (AvgIpc) is 2.86. The number of hydrogen-bond donors (Lipinski definition) is 4. The Kier molecular flexibility index (Phi) is 7.73. The topological polar surface area (TPSA) is 133 Å². The molecule has 2 aromatic rings. The number of carbonyl (C=O) groups excluding carboxylic acids is 2. The van der Waals surface area contributed by atoms with Crippen LogP contribution in [0.2, 0.25) is 0 Å². The summed E-state index contributed by atoms with van der Waals surface area (Å²) in [7, 11) is 0. The van der Waals surface area contributed by atoms with Gasteiger partial charge in [-0.1, -0.05) is 37.3 Å². The molecule has 1 heterocycles. The fourth-order valence-electron chi connectivity index (χ4n) is 5.24. The number of H-pyrrole nitrogens is 1. The smallest absolute Gasteiger partial charge is 0.329 e. The number of benzene rings is 1. The molecule has 0 spiro atoms. The SMILES string of the molecule is CC1CCC(NC(=O)Cn2c(=O)[nH]c(C(=O)NC3CCC(c4ccccc4)CC3)c(O)c2=O)CC1. The Labute approximate surface area is 204 Å². The van der Waals surface area contributed by atoms with E-state index in [1.54, 1.807) is 0 Å². The predicted octanol–water partition coefficient (Wildman–Crippen LogP) is 2.39. The summed E-state index contributed by atoms with van der Waals surface area (Å²) in [5, 5.41) is 16.0. The number of rotatable bonds is 6. The number of aromatic amines is 1. The highest BCUT2D eigenvalue weighted by atomic mass is 16.3. The molecule has 2 amide bonds. The summed E-state index contributed by atoms with van der Waals surface area (Å²) in [5.74, 6) is -0.969. The summed E-state index contributed by atoms with van der Waals surface area (Å²) >= 11 is 0. The number of aromatic nitrogens is 2. The standard InChI is InChI=1S/C26H34N4O5/c1-16-7-11-19(12-8-16)27-21(31)15-30-25(34)23(32)22(29-26(30)35)24(33)28-20-13-9-18(10-14-20)17-5-3-2-4-6-17/h2-6,16,18-20,32H,7-15H2,1H3,(H,27,31)(H,28,33)(H,29,35). The van der Waals surface area contributed by atoms with E-state index in [0.717, 1.165) is 51.4 Å². The van der Waals surface area contributed by atoms with E-state index in [0.29, 0.717) is 16.4 Å². The van der Waals surface area contributed by atoms with Gasteiger partial charge in [-0.05, 0) is 68.8 Å². The van der Waals surface area contributed by atoms with Crippen molar-refractivity contribution in [2.75, 3.05) is 0 Å². The number of carbonyl (C=O) groups is 2. The van der Waals surface area contributed by atoms with Crippen molar-refractivity contribution in [1.29, 1.82) is 0 Å². The molecule has 9 nitrogen and oxygen atoms in total. The Hall–Kier alpha value is -3.36. The molecule has 35 heavy (non-hydrogen) atoms. The molecule has 2 fully saturated rings. The maximum absolute atomic E-state index is 12.7. The van der Waals surface area contributed by atoms with Gasteiger partial charge in [0.15, 0.2) is 5.69 Å². The van der Waals surface area contributed by atoms with E-state index >= 15 is 0 Å². The van der Waals surface area contributed by atoms with E-state index < -0.39 is 41.1 Å².